The molecule has 0 bridgehead atoms. The summed E-state index contributed by atoms with van der Waals surface area (Å²) in [5.74, 6) is 0.492. The fourth-order valence-electron chi connectivity index (χ4n) is 2.37. The third-order valence-electron chi connectivity index (χ3n) is 3.67. The van der Waals surface area contributed by atoms with Gasteiger partial charge in [-0.1, -0.05) is 30.1 Å². The predicted molar refractivity (Wildman–Crippen MR) is 90.2 cm³/mol. The van der Waals surface area contributed by atoms with Crippen molar-refractivity contribution in [3.63, 3.8) is 0 Å². The zero-order valence-corrected chi connectivity index (χ0v) is 14.7. The standard InChI is InChI=1S/C17H18ClN3O4/c1-3-4-7-21-16(18)15(11(2)19-21)17(22)24-10-12-9-14(25-20-12)13-6-5-8-23-13/h5-6,8-9H,3-4,7,10H2,1-2H3. The second kappa shape index (κ2) is 7.57. The normalized spacial score (nSPS) is 11.0. The fraction of sp³-hybridized carbons (Fsp3) is 0.353. The van der Waals surface area contributed by atoms with Crippen molar-refractivity contribution in [2.24, 2.45) is 0 Å². The lowest BCUT2D eigenvalue weighted by atomic mass is 10.2. The molecule has 132 valence electrons. The molecule has 0 aliphatic rings. The largest absolute Gasteiger partial charge is 0.461 e. The summed E-state index contributed by atoms with van der Waals surface area (Å²) in [4.78, 5) is 12.3. The van der Waals surface area contributed by atoms with Crippen LogP contribution >= 0.6 is 11.6 Å². The predicted octanol–water partition coefficient (Wildman–Crippen LogP) is 4.25. The second-order valence-corrected chi connectivity index (χ2v) is 5.92. The number of halogens is 1. The zero-order valence-electron chi connectivity index (χ0n) is 14.0. The summed E-state index contributed by atoms with van der Waals surface area (Å²) in [6.07, 6.45) is 3.49. The molecule has 0 aromatic carbocycles. The van der Waals surface area contributed by atoms with Crippen LogP contribution in [0.3, 0.4) is 0 Å². The number of carbonyl (C=O) groups is 1. The molecule has 7 nitrogen and oxygen atoms in total. The van der Waals surface area contributed by atoms with E-state index in [1.54, 1.807) is 36.1 Å². The first kappa shape index (κ1) is 17.3. The third kappa shape index (κ3) is 3.76. The Morgan fingerprint density at radius 1 is 1.40 bits per heavy atom. The van der Waals surface area contributed by atoms with E-state index in [4.69, 9.17) is 25.3 Å². The molecule has 0 amide bonds. The van der Waals surface area contributed by atoms with Crippen LogP contribution in [0, 0.1) is 6.92 Å². The van der Waals surface area contributed by atoms with Crippen molar-refractivity contribution in [2.45, 2.75) is 39.8 Å². The van der Waals surface area contributed by atoms with Crippen LogP contribution in [0.5, 0.6) is 0 Å². The van der Waals surface area contributed by atoms with Crippen molar-refractivity contribution in [3.8, 4) is 11.5 Å². The van der Waals surface area contributed by atoms with E-state index in [0.717, 1.165) is 12.8 Å². The Kier molecular flexibility index (Phi) is 5.23. The fourth-order valence-corrected chi connectivity index (χ4v) is 2.70. The molecule has 0 saturated heterocycles. The number of esters is 1. The molecule has 3 aromatic heterocycles. The minimum Gasteiger partial charge on any atom is -0.461 e. The van der Waals surface area contributed by atoms with Gasteiger partial charge in [0.1, 0.15) is 23.0 Å². The number of unbranched alkanes of at least 4 members (excludes halogenated alkanes) is 1. The van der Waals surface area contributed by atoms with Crippen LogP contribution in [0.25, 0.3) is 11.5 Å². The van der Waals surface area contributed by atoms with Gasteiger partial charge in [0.2, 0.25) is 5.76 Å². The van der Waals surface area contributed by atoms with E-state index in [0.29, 0.717) is 34.6 Å². The molecule has 3 aromatic rings. The number of ether oxygens (including phenoxy) is 1. The lowest BCUT2D eigenvalue weighted by Gasteiger charge is -2.03. The Hall–Kier alpha value is -2.54. The smallest absolute Gasteiger partial charge is 0.343 e. The van der Waals surface area contributed by atoms with Crippen LogP contribution in [0.4, 0.5) is 0 Å². The van der Waals surface area contributed by atoms with Gasteiger partial charge in [-0.25, -0.2) is 4.79 Å². The van der Waals surface area contributed by atoms with Gasteiger partial charge < -0.3 is 13.7 Å². The molecule has 0 aliphatic carbocycles. The highest BCUT2D eigenvalue weighted by molar-refractivity contribution is 6.32. The summed E-state index contributed by atoms with van der Waals surface area (Å²) >= 11 is 6.27. The monoisotopic (exact) mass is 363 g/mol. The number of hydrogen-bond acceptors (Lipinski definition) is 6. The number of hydrogen-bond donors (Lipinski definition) is 0. The molecular formula is C17H18ClN3O4. The molecule has 0 N–H and O–H groups in total. The van der Waals surface area contributed by atoms with Crippen molar-refractivity contribution >= 4 is 17.6 Å². The molecule has 0 saturated carbocycles. The zero-order chi connectivity index (χ0) is 17.8. The first-order valence-corrected chi connectivity index (χ1v) is 8.37. The highest BCUT2D eigenvalue weighted by atomic mass is 35.5. The molecule has 0 unspecified atom stereocenters. The van der Waals surface area contributed by atoms with E-state index in [9.17, 15) is 4.79 Å². The van der Waals surface area contributed by atoms with Gasteiger partial charge >= 0.3 is 5.97 Å². The van der Waals surface area contributed by atoms with E-state index in [1.807, 2.05) is 0 Å². The summed E-state index contributed by atoms with van der Waals surface area (Å²) < 4.78 is 17.3. The molecular weight excluding hydrogens is 346 g/mol. The molecule has 25 heavy (non-hydrogen) atoms. The van der Waals surface area contributed by atoms with Crippen LogP contribution in [0.15, 0.2) is 33.4 Å². The number of furan rings is 1. The van der Waals surface area contributed by atoms with Crippen molar-refractivity contribution in [3.05, 3.63) is 46.6 Å². The average molecular weight is 364 g/mol. The van der Waals surface area contributed by atoms with Crippen LogP contribution in [0.2, 0.25) is 5.15 Å². The lowest BCUT2D eigenvalue weighted by Crippen LogP contribution is -2.07. The SMILES string of the molecule is CCCCn1nc(C)c(C(=O)OCc2cc(-c3ccco3)on2)c1Cl. The highest BCUT2D eigenvalue weighted by Crippen LogP contribution is 2.23. The van der Waals surface area contributed by atoms with Gasteiger partial charge in [0.25, 0.3) is 0 Å². The molecule has 0 spiro atoms. The van der Waals surface area contributed by atoms with Crippen LogP contribution in [0.1, 0.15) is 41.5 Å². The molecule has 0 aliphatic heterocycles. The van der Waals surface area contributed by atoms with Crippen LogP contribution in [-0.4, -0.2) is 20.9 Å². The maximum absolute atomic E-state index is 12.3. The minimum atomic E-state index is -0.534. The Morgan fingerprint density at radius 3 is 2.96 bits per heavy atom. The summed E-state index contributed by atoms with van der Waals surface area (Å²) in [5.41, 5.74) is 1.31. The first-order valence-electron chi connectivity index (χ1n) is 7.99. The van der Waals surface area contributed by atoms with Gasteiger partial charge in [-0.2, -0.15) is 5.10 Å². The second-order valence-electron chi connectivity index (χ2n) is 5.56. The van der Waals surface area contributed by atoms with Crippen LogP contribution < -0.4 is 0 Å². The summed E-state index contributed by atoms with van der Waals surface area (Å²) in [5, 5.41) is 8.46. The highest BCUT2D eigenvalue weighted by Gasteiger charge is 2.22. The Balaban J connectivity index is 1.66. The average Bonchev–Trinajstić information content (AvgIpc) is 3.31. The molecule has 8 heteroatoms. The summed E-state index contributed by atoms with van der Waals surface area (Å²) in [6.45, 7) is 4.45. The number of rotatable bonds is 7. The van der Waals surface area contributed by atoms with E-state index in [-0.39, 0.29) is 12.2 Å². The molecule has 0 atom stereocenters. The molecule has 0 radical (unpaired) electrons. The van der Waals surface area contributed by atoms with Gasteiger partial charge in [-0.3, -0.25) is 4.68 Å². The Bertz CT molecular complexity index is 852. The van der Waals surface area contributed by atoms with Gasteiger partial charge in [-0.15, -0.1) is 0 Å². The Morgan fingerprint density at radius 2 is 2.24 bits per heavy atom. The van der Waals surface area contributed by atoms with Crippen molar-refractivity contribution < 1.29 is 18.5 Å². The maximum Gasteiger partial charge on any atom is 0.343 e. The number of aryl methyl sites for hydroxylation is 2. The number of aromatic nitrogens is 3. The van der Waals surface area contributed by atoms with E-state index in [1.165, 1.54) is 0 Å². The minimum absolute atomic E-state index is 0.0288. The van der Waals surface area contributed by atoms with Gasteiger partial charge in [0.15, 0.2) is 5.76 Å². The molecule has 0 fully saturated rings. The van der Waals surface area contributed by atoms with Gasteiger partial charge in [-0.05, 0) is 25.5 Å². The Labute approximate surface area is 149 Å². The quantitative estimate of drug-likeness (QED) is 0.583. The van der Waals surface area contributed by atoms with Gasteiger partial charge in [0.05, 0.1) is 12.0 Å². The summed E-state index contributed by atoms with van der Waals surface area (Å²) in [7, 11) is 0. The van der Waals surface area contributed by atoms with Crippen molar-refractivity contribution in [1.29, 1.82) is 0 Å². The topological polar surface area (TPSA) is 83.3 Å². The van der Waals surface area contributed by atoms with E-state index in [2.05, 4.69) is 17.2 Å². The van der Waals surface area contributed by atoms with Crippen LogP contribution in [-0.2, 0) is 17.9 Å². The van der Waals surface area contributed by atoms with Crippen molar-refractivity contribution in [2.75, 3.05) is 0 Å². The maximum atomic E-state index is 12.3. The molecule has 3 rings (SSSR count). The number of nitrogens with zero attached hydrogens (tertiary/aromatic N) is 3. The lowest BCUT2D eigenvalue weighted by molar-refractivity contribution is 0.0463. The summed E-state index contributed by atoms with van der Waals surface area (Å²) in [6, 6.07) is 5.16. The molecule has 3 heterocycles. The third-order valence-corrected chi connectivity index (χ3v) is 4.05. The van der Waals surface area contributed by atoms with E-state index >= 15 is 0 Å². The van der Waals surface area contributed by atoms with Crippen molar-refractivity contribution in [1.82, 2.24) is 14.9 Å². The number of carbonyl (C=O) groups excluding carboxylic acids is 1. The van der Waals surface area contributed by atoms with Gasteiger partial charge in [0, 0.05) is 12.6 Å². The van der Waals surface area contributed by atoms with E-state index < -0.39 is 5.97 Å². The first-order chi connectivity index (χ1) is 12.1.